The Morgan fingerprint density at radius 1 is 1.00 bits per heavy atom. The zero-order valence-corrected chi connectivity index (χ0v) is 18.3. The Balaban J connectivity index is 1.36. The molecule has 1 aliphatic rings. The van der Waals surface area contributed by atoms with Crippen molar-refractivity contribution in [3.8, 4) is 5.75 Å². The number of nitrogens with zero attached hydrogens (tertiary/aromatic N) is 1. The maximum atomic E-state index is 12.8. The van der Waals surface area contributed by atoms with Crippen LogP contribution in [0.3, 0.4) is 0 Å². The van der Waals surface area contributed by atoms with E-state index in [4.69, 9.17) is 4.74 Å². The minimum absolute atomic E-state index is 0.167. The van der Waals surface area contributed by atoms with Crippen LogP contribution in [0.15, 0.2) is 71.6 Å². The van der Waals surface area contributed by atoms with E-state index in [0.29, 0.717) is 24.8 Å². The van der Waals surface area contributed by atoms with E-state index in [-0.39, 0.29) is 17.4 Å². The highest BCUT2D eigenvalue weighted by Gasteiger charge is 2.27. The van der Waals surface area contributed by atoms with Crippen molar-refractivity contribution in [1.82, 2.24) is 4.31 Å². The Morgan fingerprint density at radius 3 is 2.42 bits per heavy atom. The first-order valence-corrected chi connectivity index (χ1v) is 11.9. The van der Waals surface area contributed by atoms with Gasteiger partial charge in [0.2, 0.25) is 10.0 Å². The van der Waals surface area contributed by atoms with E-state index in [9.17, 15) is 13.2 Å². The lowest BCUT2D eigenvalue weighted by Crippen LogP contribution is -2.37. The molecule has 6 nitrogen and oxygen atoms in total. The average molecular weight is 439 g/mol. The number of hydrogen-bond donors (Lipinski definition) is 1. The zero-order chi connectivity index (χ0) is 21.8. The van der Waals surface area contributed by atoms with Gasteiger partial charge in [0.15, 0.2) is 6.61 Å². The standard InChI is InChI=1S/C24H26N2O4S/c1-18-13-15-26(16-14-18)31(28,29)21-11-9-20(10-12-21)30-17-24(27)25-23-8-4-6-19-5-2-3-7-22(19)23/h2-12,18H,13-17H2,1H3,(H,25,27). The average Bonchev–Trinajstić information content (AvgIpc) is 2.78. The minimum atomic E-state index is -3.50. The molecule has 1 N–H and O–H groups in total. The van der Waals surface area contributed by atoms with E-state index >= 15 is 0 Å². The molecule has 0 aromatic heterocycles. The van der Waals surface area contributed by atoms with Crippen molar-refractivity contribution >= 4 is 32.4 Å². The number of rotatable bonds is 6. The summed E-state index contributed by atoms with van der Waals surface area (Å²) in [6.45, 7) is 3.08. The Morgan fingerprint density at radius 2 is 1.68 bits per heavy atom. The van der Waals surface area contributed by atoms with Gasteiger partial charge in [-0.2, -0.15) is 4.31 Å². The number of anilines is 1. The van der Waals surface area contributed by atoms with Crippen LogP contribution in [0.2, 0.25) is 0 Å². The van der Waals surface area contributed by atoms with Crippen LogP contribution < -0.4 is 10.1 Å². The highest BCUT2D eigenvalue weighted by Crippen LogP contribution is 2.25. The van der Waals surface area contributed by atoms with Crippen LogP contribution in [-0.2, 0) is 14.8 Å². The third-order valence-electron chi connectivity index (χ3n) is 5.64. The van der Waals surface area contributed by atoms with Gasteiger partial charge in [-0.05, 0) is 54.5 Å². The SMILES string of the molecule is CC1CCN(S(=O)(=O)c2ccc(OCC(=O)Nc3cccc4ccccc34)cc2)CC1. The molecule has 3 aromatic rings. The van der Waals surface area contributed by atoms with Crippen molar-refractivity contribution in [2.75, 3.05) is 25.0 Å². The summed E-state index contributed by atoms with van der Waals surface area (Å²) in [5.74, 6) is 0.719. The van der Waals surface area contributed by atoms with E-state index in [0.717, 1.165) is 29.3 Å². The molecular formula is C24H26N2O4S. The maximum absolute atomic E-state index is 12.8. The number of sulfonamides is 1. The third kappa shape index (κ3) is 4.89. The maximum Gasteiger partial charge on any atom is 0.262 e. The topological polar surface area (TPSA) is 75.7 Å². The molecule has 0 radical (unpaired) electrons. The summed E-state index contributed by atoms with van der Waals surface area (Å²) in [5, 5.41) is 4.87. The molecular weight excluding hydrogens is 412 g/mol. The third-order valence-corrected chi connectivity index (χ3v) is 7.55. The first-order chi connectivity index (χ1) is 14.9. The molecule has 1 amide bonds. The lowest BCUT2D eigenvalue weighted by atomic mass is 10.0. The number of carbonyl (C=O) groups excluding carboxylic acids is 1. The Labute approximate surface area is 182 Å². The summed E-state index contributed by atoms with van der Waals surface area (Å²) in [7, 11) is -3.50. The molecule has 31 heavy (non-hydrogen) atoms. The number of benzene rings is 3. The largest absolute Gasteiger partial charge is 0.484 e. The fourth-order valence-electron chi connectivity index (χ4n) is 3.75. The van der Waals surface area contributed by atoms with Crippen LogP contribution in [0, 0.1) is 5.92 Å². The van der Waals surface area contributed by atoms with Gasteiger partial charge in [-0.15, -0.1) is 0 Å². The van der Waals surface area contributed by atoms with Crippen molar-refractivity contribution in [2.45, 2.75) is 24.7 Å². The highest BCUT2D eigenvalue weighted by molar-refractivity contribution is 7.89. The van der Waals surface area contributed by atoms with Crippen LogP contribution in [-0.4, -0.2) is 38.3 Å². The molecule has 1 fully saturated rings. The number of hydrogen-bond acceptors (Lipinski definition) is 4. The van der Waals surface area contributed by atoms with E-state index < -0.39 is 10.0 Å². The Bertz CT molecular complexity index is 1160. The number of ether oxygens (including phenoxy) is 1. The van der Waals surface area contributed by atoms with Crippen LogP contribution in [0.1, 0.15) is 19.8 Å². The lowest BCUT2D eigenvalue weighted by Gasteiger charge is -2.29. The predicted octanol–water partition coefficient (Wildman–Crippen LogP) is 4.28. The van der Waals surface area contributed by atoms with Gasteiger partial charge in [-0.1, -0.05) is 43.3 Å². The van der Waals surface area contributed by atoms with Crippen molar-refractivity contribution in [3.63, 3.8) is 0 Å². The second-order valence-corrected chi connectivity index (χ2v) is 9.86. The molecule has 4 rings (SSSR count). The van der Waals surface area contributed by atoms with E-state index in [1.807, 2.05) is 42.5 Å². The van der Waals surface area contributed by atoms with Crippen molar-refractivity contribution < 1.29 is 17.9 Å². The molecule has 1 saturated heterocycles. The second kappa shape index (κ2) is 9.08. The van der Waals surface area contributed by atoms with Crippen LogP contribution in [0.25, 0.3) is 10.8 Å². The molecule has 0 aliphatic carbocycles. The summed E-state index contributed by atoms with van der Waals surface area (Å²) in [4.78, 5) is 12.6. The number of carbonyl (C=O) groups is 1. The van der Waals surface area contributed by atoms with E-state index in [1.165, 1.54) is 12.1 Å². The monoisotopic (exact) mass is 438 g/mol. The number of nitrogens with one attached hydrogen (secondary N) is 1. The summed E-state index contributed by atoms with van der Waals surface area (Å²) in [5.41, 5.74) is 0.726. The molecule has 3 aromatic carbocycles. The van der Waals surface area contributed by atoms with Crippen molar-refractivity contribution in [2.24, 2.45) is 5.92 Å². The smallest absolute Gasteiger partial charge is 0.262 e. The van der Waals surface area contributed by atoms with E-state index in [1.54, 1.807) is 16.4 Å². The van der Waals surface area contributed by atoms with Crippen LogP contribution in [0.4, 0.5) is 5.69 Å². The fraction of sp³-hybridized carbons (Fsp3) is 0.292. The van der Waals surface area contributed by atoms with Gasteiger partial charge in [0.1, 0.15) is 5.75 Å². The quantitative estimate of drug-likeness (QED) is 0.623. The molecule has 0 unspecified atom stereocenters. The van der Waals surface area contributed by atoms with Gasteiger partial charge in [0.05, 0.1) is 4.90 Å². The fourth-order valence-corrected chi connectivity index (χ4v) is 5.22. The lowest BCUT2D eigenvalue weighted by molar-refractivity contribution is -0.118. The molecule has 0 saturated carbocycles. The highest BCUT2D eigenvalue weighted by atomic mass is 32.2. The second-order valence-electron chi connectivity index (χ2n) is 7.92. The van der Waals surface area contributed by atoms with Crippen molar-refractivity contribution in [1.29, 1.82) is 0 Å². The first-order valence-electron chi connectivity index (χ1n) is 10.4. The van der Waals surface area contributed by atoms with Crippen LogP contribution in [0.5, 0.6) is 5.75 Å². The van der Waals surface area contributed by atoms with Gasteiger partial charge in [-0.25, -0.2) is 8.42 Å². The van der Waals surface area contributed by atoms with Gasteiger partial charge >= 0.3 is 0 Å². The molecule has 7 heteroatoms. The molecule has 0 atom stereocenters. The van der Waals surface area contributed by atoms with Gasteiger partial charge < -0.3 is 10.1 Å². The summed E-state index contributed by atoms with van der Waals surface area (Å²) >= 11 is 0. The van der Waals surface area contributed by atoms with Gasteiger partial charge in [0.25, 0.3) is 5.91 Å². The minimum Gasteiger partial charge on any atom is -0.484 e. The number of piperidine rings is 1. The number of fused-ring (bicyclic) bond motifs is 1. The van der Waals surface area contributed by atoms with Gasteiger partial charge in [-0.3, -0.25) is 4.79 Å². The number of amides is 1. The van der Waals surface area contributed by atoms with Crippen molar-refractivity contribution in [3.05, 3.63) is 66.7 Å². The summed E-state index contributed by atoms with van der Waals surface area (Å²) in [6, 6.07) is 19.8. The van der Waals surface area contributed by atoms with Gasteiger partial charge in [0, 0.05) is 24.2 Å². The summed E-state index contributed by atoms with van der Waals surface area (Å²) < 4.78 is 32.7. The molecule has 162 valence electrons. The first kappa shape index (κ1) is 21.3. The molecule has 0 bridgehead atoms. The van der Waals surface area contributed by atoms with Crippen LogP contribution >= 0.6 is 0 Å². The zero-order valence-electron chi connectivity index (χ0n) is 17.5. The molecule has 1 aliphatic heterocycles. The van der Waals surface area contributed by atoms with E-state index in [2.05, 4.69) is 12.2 Å². The predicted molar refractivity (Wildman–Crippen MR) is 122 cm³/mol. The Kier molecular flexibility index (Phi) is 6.25. The molecule has 1 heterocycles. The molecule has 0 spiro atoms. The summed E-state index contributed by atoms with van der Waals surface area (Å²) in [6.07, 6.45) is 1.76. The Hall–Kier alpha value is -2.90. The normalized spacial score (nSPS) is 15.6.